The number of aromatic nitrogens is 3. The van der Waals surface area contributed by atoms with E-state index in [1.54, 1.807) is 0 Å². The molecule has 0 aliphatic rings. The minimum absolute atomic E-state index is 0.749. The number of rotatable bonds is 4. The predicted octanol–water partition coefficient (Wildman–Crippen LogP) is 2.37. The summed E-state index contributed by atoms with van der Waals surface area (Å²) in [6.07, 6.45) is 1.75. The first-order valence-corrected chi connectivity index (χ1v) is 6.62. The number of aryl methyl sites for hydroxylation is 2. The van der Waals surface area contributed by atoms with Gasteiger partial charge in [0.25, 0.3) is 0 Å². The molecule has 0 saturated carbocycles. The minimum atomic E-state index is 0.749. The van der Waals surface area contributed by atoms with Gasteiger partial charge in [-0.1, -0.05) is 12.1 Å². The van der Waals surface area contributed by atoms with Crippen LogP contribution in [0.1, 0.15) is 11.4 Å². The summed E-state index contributed by atoms with van der Waals surface area (Å²) in [6.45, 7) is 0. The van der Waals surface area contributed by atoms with Crippen molar-refractivity contribution in [2.75, 3.05) is 18.1 Å². The molecule has 3 rings (SSSR count). The molecule has 0 atom stereocenters. The van der Waals surface area contributed by atoms with Crippen molar-refractivity contribution in [1.82, 2.24) is 15.0 Å². The number of imidazole rings is 1. The van der Waals surface area contributed by atoms with Crippen molar-refractivity contribution in [2.45, 2.75) is 12.8 Å². The van der Waals surface area contributed by atoms with E-state index in [9.17, 15) is 0 Å². The van der Waals surface area contributed by atoms with Gasteiger partial charge in [-0.05, 0) is 36.2 Å². The molecule has 0 aliphatic carbocycles. The van der Waals surface area contributed by atoms with Crippen LogP contribution >= 0.6 is 0 Å². The number of nitrogen functional groups attached to an aromatic ring is 1. The third kappa shape index (κ3) is 2.56. The molecule has 0 aliphatic heterocycles. The molecule has 0 unspecified atom stereocenters. The number of nitrogens with zero attached hydrogens (tertiary/aromatic N) is 2. The SMILES string of the molecule is CNc1ccc2[nH]c(CCc3cccc(N)c3)nc2n1. The van der Waals surface area contributed by atoms with E-state index in [1.807, 2.05) is 37.4 Å². The molecule has 0 amide bonds. The third-order valence-electron chi connectivity index (χ3n) is 3.25. The van der Waals surface area contributed by atoms with Crippen LogP contribution in [0, 0.1) is 0 Å². The molecule has 3 aromatic rings. The van der Waals surface area contributed by atoms with Crippen molar-refractivity contribution in [3.8, 4) is 0 Å². The molecule has 0 bridgehead atoms. The van der Waals surface area contributed by atoms with Crippen LogP contribution in [-0.4, -0.2) is 22.0 Å². The quantitative estimate of drug-likeness (QED) is 0.634. The summed E-state index contributed by atoms with van der Waals surface area (Å²) in [5, 5.41) is 3.01. The second-order valence-corrected chi connectivity index (χ2v) is 4.75. The van der Waals surface area contributed by atoms with E-state index in [1.165, 1.54) is 5.56 Å². The molecule has 2 heterocycles. The minimum Gasteiger partial charge on any atom is -0.399 e. The lowest BCUT2D eigenvalue weighted by atomic mass is 10.1. The number of H-pyrrole nitrogens is 1. The summed E-state index contributed by atoms with van der Waals surface area (Å²) in [7, 11) is 1.85. The summed E-state index contributed by atoms with van der Waals surface area (Å²) in [5.41, 5.74) is 9.51. The zero-order valence-corrected chi connectivity index (χ0v) is 11.4. The van der Waals surface area contributed by atoms with E-state index in [-0.39, 0.29) is 0 Å². The van der Waals surface area contributed by atoms with Crippen molar-refractivity contribution in [3.63, 3.8) is 0 Å². The monoisotopic (exact) mass is 267 g/mol. The molecular weight excluding hydrogens is 250 g/mol. The number of nitrogens with two attached hydrogens (primary N) is 1. The normalized spacial score (nSPS) is 10.8. The van der Waals surface area contributed by atoms with Gasteiger partial charge < -0.3 is 16.0 Å². The van der Waals surface area contributed by atoms with Crippen molar-refractivity contribution in [3.05, 3.63) is 47.8 Å². The highest BCUT2D eigenvalue weighted by molar-refractivity contribution is 5.72. The Morgan fingerprint density at radius 2 is 2.05 bits per heavy atom. The lowest BCUT2D eigenvalue weighted by molar-refractivity contribution is 0.889. The molecule has 2 aromatic heterocycles. The number of pyridine rings is 1. The summed E-state index contributed by atoms with van der Waals surface area (Å²) in [4.78, 5) is 12.2. The summed E-state index contributed by atoms with van der Waals surface area (Å²) < 4.78 is 0. The van der Waals surface area contributed by atoms with Crippen LogP contribution in [0.2, 0.25) is 0 Å². The Kier molecular flexibility index (Phi) is 3.25. The standard InChI is InChI=1S/C15H17N5/c1-17-13-8-6-12-15(19-13)20-14(18-12)7-5-10-3-2-4-11(16)9-10/h2-4,6,8-9H,5,7,16H2,1H3,(H2,17,18,19,20). The van der Waals surface area contributed by atoms with E-state index in [4.69, 9.17) is 5.73 Å². The highest BCUT2D eigenvalue weighted by Gasteiger charge is 2.05. The smallest absolute Gasteiger partial charge is 0.179 e. The van der Waals surface area contributed by atoms with Crippen LogP contribution in [-0.2, 0) is 12.8 Å². The van der Waals surface area contributed by atoms with Crippen molar-refractivity contribution < 1.29 is 0 Å². The number of anilines is 2. The van der Waals surface area contributed by atoms with Crippen molar-refractivity contribution in [2.24, 2.45) is 0 Å². The Hall–Kier alpha value is -2.56. The fourth-order valence-electron chi connectivity index (χ4n) is 2.21. The third-order valence-corrected chi connectivity index (χ3v) is 3.25. The molecular formula is C15H17N5. The second-order valence-electron chi connectivity index (χ2n) is 4.75. The lowest BCUT2D eigenvalue weighted by Gasteiger charge is -2.00. The molecule has 102 valence electrons. The average molecular weight is 267 g/mol. The molecule has 5 heteroatoms. The van der Waals surface area contributed by atoms with Gasteiger partial charge in [-0.2, -0.15) is 0 Å². The number of hydrogen-bond donors (Lipinski definition) is 3. The Balaban J connectivity index is 1.77. The maximum Gasteiger partial charge on any atom is 0.179 e. The van der Waals surface area contributed by atoms with E-state index in [0.29, 0.717) is 0 Å². The topological polar surface area (TPSA) is 79.6 Å². The Labute approximate surface area is 117 Å². The highest BCUT2D eigenvalue weighted by atomic mass is 15.0. The zero-order valence-electron chi connectivity index (χ0n) is 11.4. The van der Waals surface area contributed by atoms with Crippen LogP contribution in [0.4, 0.5) is 11.5 Å². The maximum atomic E-state index is 5.78. The van der Waals surface area contributed by atoms with E-state index < -0.39 is 0 Å². The molecule has 0 spiro atoms. The molecule has 5 nitrogen and oxygen atoms in total. The zero-order chi connectivity index (χ0) is 13.9. The van der Waals surface area contributed by atoms with Crippen LogP contribution < -0.4 is 11.1 Å². The summed E-state index contributed by atoms with van der Waals surface area (Å²) in [6, 6.07) is 11.9. The molecule has 0 fully saturated rings. The Morgan fingerprint density at radius 3 is 2.85 bits per heavy atom. The van der Waals surface area contributed by atoms with Gasteiger partial charge in [0.15, 0.2) is 5.65 Å². The number of fused-ring (bicyclic) bond motifs is 1. The average Bonchev–Trinajstić information content (AvgIpc) is 2.87. The van der Waals surface area contributed by atoms with Gasteiger partial charge in [-0.3, -0.25) is 0 Å². The molecule has 0 saturated heterocycles. The first kappa shape index (κ1) is 12.5. The molecule has 1 aromatic carbocycles. The maximum absolute atomic E-state index is 5.78. The van der Waals surface area contributed by atoms with Crippen molar-refractivity contribution >= 4 is 22.7 Å². The van der Waals surface area contributed by atoms with Gasteiger partial charge in [-0.25, -0.2) is 9.97 Å². The Morgan fingerprint density at radius 1 is 1.15 bits per heavy atom. The second kappa shape index (κ2) is 5.21. The highest BCUT2D eigenvalue weighted by Crippen LogP contribution is 2.14. The molecule has 20 heavy (non-hydrogen) atoms. The Bertz CT molecular complexity index is 732. The number of aromatic amines is 1. The van der Waals surface area contributed by atoms with E-state index >= 15 is 0 Å². The van der Waals surface area contributed by atoms with Gasteiger partial charge in [0, 0.05) is 19.2 Å². The summed E-state index contributed by atoms with van der Waals surface area (Å²) in [5.74, 6) is 1.77. The predicted molar refractivity (Wildman–Crippen MR) is 81.7 cm³/mol. The van der Waals surface area contributed by atoms with E-state index in [2.05, 4.69) is 26.3 Å². The largest absolute Gasteiger partial charge is 0.399 e. The van der Waals surface area contributed by atoms with Crippen LogP contribution in [0.25, 0.3) is 11.2 Å². The molecule has 0 radical (unpaired) electrons. The number of benzene rings is 1. The first-order chi connectivity index (χ1) is 9.74. The van der Waals surface area contributed by atoms with Crippen LogP contribution in [0.15, 0.2) is 36.4 Å². The number of hydrogen-bond acceptors (Lipinski definition) is 4. The van der Waals surface area contributed by atoms with Crippen molar-refractivity contribution in [1.29, 1.82) is 0 Å². The van der Waals surface area contributed by atoms with Gasteiger partial charge >= 0.3 is 0 Å². The molecule has 4 N–H and O–H groups in total. The van der Waals surface area contributed by atoms with Gasteiger partial charge in [0.1, 0.15) is 11.6 Å². The fraction of sp³-hybridized carbons (Fsp3) is 0.200. The van der Waals surface area contributed by atoms with E-state index in [0.717, 1.165) is 41.3 Å². The van der Waals surface area contributed by atoms with Gasteiger partial charge in [-0.15, -0.1) is 0 Å². The fourth-order valence-corrected chi connectivity index (χ4v) is 2.21. The van der Waals surface area contributed by atoms with Crippen LogP contribution in [0.3, 0.4) is 0 Å². The van der Waals surface area contributed by atoms with Crippen LogP contribution in [0.5, 0.6) is 0 Å². The lowest BCUT2D eigenvalue weighted by Crippen LogP contribution is -1.95. The van der Waals surface area contributed by atoms with Gasteiger partial charge in [0.2, 0.25) is 0 Å². The first-order valence-electron chi connectivity index (χ1n) is 6.62. The van der Waals surface area contributed by atoms with Gasteiger partial charge in [0.05, 0.1) is 5.52 Å². The summed E-state index contributed by atoms with van der Waals surface area (Å²) >= 11 is 0. The number of nitrogens with one attached hydrogen (secondary N) is 2.